The molecule has 0 heterocycles. The minimum absolute atomic E-state index is 0.0463. The summed E-state index contributed by atoms with van der Waals surface area (Å²) in [4.78, 5) is 12.8. The van der Waals surface area contributed by atoms with E-state index in [1.54, 1.807) is 37.5 Å². The fourth-order valence-corrected chi connectivity index (χ4v) is 3.70. The van der Waals surface area contributed by atoms with Gasteiger partial charge in [0.05, 0.1) is 7.11 Å². The van der Waals surface area contributed by atoms with Crippen LogP contribution in [0.25, 0.3) is 27.6 Å². The first kappa shape index (κ1) is 19.2. The molecule has 146 valence electrons. The molecule has 0 saturated carbocycles. The number of anilines is 1. The molecule has 0 unspecified atom stereocenters. The number of benzene rings is 4. The molecule has 0 aromatic heterocycles. The lowest BCUT2D eigenvalue weighted by Crippen LogP contribution is -2.13. The van der Waals surface area contributed by atoms with Crippen molar-refractivity contribution in [3.8, 4) is 11.8 Å². The van der Waals surface area contributed by atoms with Gasteiger partial charge >= 0.3 is 0 Å². The number of rotatable bonds is 4. The zero-order chi connectivity index (χ0) is 21.1. The molecular weight excluding hydrogens is 372 g/mol. The van der Waals surface area contributed by atoms with E-state index in [2.05, 4.69) is 30.4 Å². The van der Waals surface area contributed by atoms with E-state index in [1.165, 1.54) is 5.56 Å². The number of hydrogen-bond acceptors (Lipinski definition) is 3. The maximum atomic E-state index is 12.8. The normalized spacial score (nSPS) is 11.3. The maximum Gasteiger partial charge on any atom is 0.266 e. The Balaban J connectivity index is 1.82. The first-order valence-corrected chi connectivity index (χ1v) is 9.59. The van der Waals surface area contributed by atoms with Gasteiger partial charge in [-0.25, -0.2) is 0 Å². The Hall–Kier alpha value is -4.10. The molecule has 0 aliphatic heterocycles. The van der Waals surface area contributed by atoms with Crippen LogP contribution in [0.5, 0.6) is 5.75 Å². The summed E-state index contributed by atoms with van der Waals surface area (Å²) in [5, 5.41) is 16.7. The molecule has 0 saturated heterocycles. The maximum absolute atomic E-state index is 12.8. The summed E-state index contributed by atoms with van der Waals surface area (Å²) in [6.07, 6.45) is 1.68. The molecule has 4 nitrogen and oxygen atoms in total. The molecule has 0 aliphatic rings. The van der Waals surface area contributed by atoms with Crippen LogP contribution in [-0.2, 0) is 4.79 Å². The number of fused-ring (bicyclic) bond motifs is 2. The second-order valence-electron chi connectivity index (χ2n) is 6.98. The molecule has 0 spiro atoms. The Kier molecular flexibility index (Phi) is 5.19. The number of nitrogens with zero attached hydrogens (tertiary/aromatic N) is 1. The van der Waals surface area contributed by atoms with E-state index >= 15 is 0 Å². The fourth-order valence-electron chi connectivity index (χ4n) is 3.70. The highest BCUT2D eigenvalue weighted by Crippen LogP contribution is 2.33. The number of hydrogen-bond donors (Lipinski definition) is 1. The molecule has 0 atom stereocenters. The predicted octanol–water partition coefficient (Wildman–Crippen LogP) is 5.86. The van der Waals surface area contributed by atoms with Crippen molar-refractivity contribution in [3.63, 3.8) is 0 Å². The third-order valence-electron chi connectivity index (χ3n) is 5.24. The number of ether oxygens (including phenoxy) is 1. The van der Waals surface area contributed by atoms with Crippen LogP contribution in [0.2, 0.25) is 0 Å². The van der Waals surface area contributed by atoms with Crippen LogP contribution in [-0.4, -0.2) is 13.0 Å². The standard InChI is InChI=1S/C26H20N2O2/c1-17-21-7-3-5-9-23(21)25(24-10-6-4-8-22(17)24)15-18(16-27)26(29)28-19-11-13-20(30-2)14-12-19/h3-15H,1-2H3,(H,28,29)/b18-15-. The molecule has 1 amide bonds. The molecule has 4 aromatic rings. The van der Waals surface area contributed by atoms with Gasteiger partial charge in [-0.2, -0.15) is 5.26 Å². The van der Waals surface area contributed by atoms with Gasteiger partial charge in [0.25, 0.3) is 5.91 Å². The van der Waals surface area contributed by atoms with Crippen molar-refractivity contribution in [2.75, 3.05) is 12.4 Å². The van der Waals surface area contributed by atoms with Crippen molar-refractivity contribution in [2.24, 2.45) is 0 Å². The molecule has 0 bridgehead atoms. The van der Waals surface area contributed by atoms with Gasteiger partial charge in [0.2, 0.25) is 0 Å². The Morgan fingerprint density at radius 1 is 0.900 bits per heavy atom. The first-order valence-electron chi connectivity index (χ1n) is 9.59. The third kappa shape index (κ3) is 3.49. The summed E-state index contributed by atoms with van der Waals surface area (Å²) in [5.41, 5.74) is 2.69. The van der Waals surface area contributed by atoms with E-state index in [0.29, 0.717) is 11.4 Å². The molecule has 4 rings (SSSR count). The zero-order valence-corrected chi connectivity index (χ0v) is 16.8. The van der Waals surface area contributed by atoms with Crippen LogP contribution < -0.4 is 10.1 Å². The number of aryl methyl sites for hydroxylation is 1. The van der Waals surface area contributed by atoms with Crippen molar-refractivity contribution in [1.29, 1.82) is 5.26 Å². The average molecular weight is 392 g/mol. The number of amides is 1. The van der Waals surface area contributed by atoms with Crippen LogP contribution in [0.3, 0.4) is 0 Å². The average Bonchev–Trinajstić information content (AvgIpc) is 2.79. The van der Waals surface area contributed by atoms with Crippen molar-refractivity contribution in [1.82, 2.24) is 0 Å². The van der Waals surface area contributed by atoms with Gasteiger partial charge in [-0.1, -0.05) is 48.5 Å². The van der Waals surface area contributed by atoms with E-state index in [-0.39, 0.29) is 5.57 Å². The van der Waals surface area contributed by atoms with Crippen molar-refractivity contribution in [2.45, 2.75) is 6.92 Å². The lowest BCUT2D eigenvalue weighted by Gasteiger charge is -2.13. The second-order valence-corrected chi connectivity index (χ2v) is 6.98. The molecule has 0 aliphatic carbocycles. The van der Waals surface area contributed by atoms with Gasteiger partial charge in [-0.15, -0.1) is 0 Å². The lowest BCUT2D eigenvalue weighted by atomic mass is 9.91. The topological polar surface area (TPSA) is 62.1 Å². The highest BCUT2D eigenvalue weighted by molar-refractivity contribution is 6.15. The monoisotopic (exact) mass is 392 g/mol. The van der Waals surface area contributed by atoms with Gasteiger partial charge in [-0.05, 0) is 69.9 Å². The summed E-state index contributed by atoms with van der Waals surface area (Å²) >= 11 is 0. The highest BCUT2D eigenvalue weighted by atomic mass is 16.5. The van der Waals surface area contributed by atoms with Crippen molar-refractivity contribution in [3.05, 3.63) is 89.5 Å². The summed E-state index contributed by atoms with van der Waals surface area (Å²) in [6, 6.07) is 25.2. The lowest BCUT2D eigenvalue weighted by molar-refractivity contribution is -0.112. The Labute approximate surface area is 175 Å². The minimum atomic E-state index is -0.448. The summed E-state index contributed by atoms with van der Waals surface area (Å²) in [5.74, 6) is 0.248. The largest absolute Gasteiger partial charge is 0.497 e. The van der Waals surface area contributed by atoms with Gasteiger partial charge < -0.3 is 10.1 Å². The summed E-state index contributed by atoms with van der Waals surface area (Å²) < 4.78 is 5.14. The van der Waals surface area contributed by atoms with E-state index in [9.17, 15) is 10.1 Å². The van der Waals surface area contributed by atoms with Crippen LogP contribution in [0.4, 0.5) is 5.69 Å². The van der Waals surface area contributed by atoms with E-state index in [0.717, 1.165) is 27.1 Å². The Bertz CT molecular complexity index is 1270. The van der Waals surface area contributed by atoms with Gasteiger partial charge in [0.15, 0.2) is 0 Å². The number of carbonyl (C=O) groups is 1. The van der Waals surface area contributed by atoms with Crippen molar-refractivity contribution >= 4 is 39.2 Å². The number of nitrogens with one attached hydrogen (secondary N) is 1. The zero-order valence-electron chi connectivity index (χ0n) is 16.8. The van der Waals surface area contributed by atoms with Gasteiger partial charge in [-0.3, -0.25) is 4.79 Å². The molecule has 1 N–H and O–H groups in total. The number of carbonyl (C=O) groups excluding carboxylic acids is 1. The number of nitriles is 1. The molecule has 0 fully saturated rings. The highest BCUT2D eigenvalue weighted by Gasteiger charge is 2.14. The van der Waals surface area contributed by atoms with E-state index < -0.39 is 5.91 Å². The van der Waals surface area contributed by atoms with Crippen LogP contribution in [0.15, 0.2) is 78.4 Å². The van der Waals surface area contributed by atoms with Gasteiger partial charge in [0, 0.05) is 5.69 Å². The predicted molar refractivity (Wildman–Crippen MR) is 121 cm³/mol. The second kappa shape index (κ2) is 8.10. The minimum Gasteiger partial charge on any atom is -0.497 e. The van der Waals surface area contributed by atoms with Crippen LogP contribution in [0, 0.1) is 18.3 Å². The van der Waals surface area contributed by atoms with Crippen molar-refractivity contribution < 1.29 is 9.53 Å². The van der Waals surface area contributed by atoms with Crippen LogP contribution in [0.1, 0.15) is 11.1 Å². The number of methoxy groups -OCH3 is 1. The third-order valence-corrected chi connectivity index (χ3v) is 5.24. The van der Waals surface area contributed by atoms with E-state index in [1.807, 2.05) is 36.4 Å². The summed E-state index contributed by atoms with van der Waals surface area (Å²) in [7, 11) is 1.58. The smallest absolute Gasteiger partial charge is 0.266 e. The van der Waals surface area contributed by atoms with E-state index in [4.69, 9.17) is 4.74 Å². The fraction of sp³-hybridized carbons (Fsp3) is 0.0769. The molecule has 4 heteroatoms. The van der Waals surface area contributed by atoms with Gasteiger partial charge in [0.1, 0.15) is 17.4 Å². The molecule has 0 radical (unpaired) electrons. The summed E-state index contributed by atoms with van der Waals surface area (Å²) in [6.45, 7) is 2.10. The molecule has 4 aromatic carbocycles. The first-order chi connectivity index (χ1) is 14.6. The quantitative estimate of drug-likeness (QED) is 0.269. The SMILES string of the molecule is COc1ccc(NC(=O)/C(C#N)=C\c2c3ccccc3c(C)c3ccccc23)cc1. The molecule has 30 heavy (non-hydrogen) atoms. The van der Waals surface area contributed by atoms with Crippen LogP contribution >= 0.6 is 0 Å². The Morgan fingerprint density at radius 3 is 1.93 bits per heavy atom. The molecular formula is C26H20N2O2. The Morgan fingerprint density at radius 2 is 1.43 bits per heavy atom.